The van der Waals surface area contributed by atoms with E-state index in [-0.39, 0.29) is 12.2 Å². The van der Waals surface area contributed by atoms with E-state index >= 15 is 0 Å². The number of hydrogen-bond acceptors (Lipinski definition) is 3. The summed E-state index contributed by atoms with van der Waals surface area (Å²) in [6.07, 6.45) is 1.52. The Morgan fingerprint density at radius 1 is 1.40 bits per heavy atom. The van der Waals surface area contributed by atoms with Gasteiger partial charge in [-0.3, -0.25) is 9.78 Å². The Balaban J connectivity index is 0. The van der Waals surface area contributed by atoms with Gasteiger partial charge in [0.2, 0.25) is 0 Å². The van der Waals surface area contributed by atoms with Gasteiger partial charge in [-0.1, -0.05) is 27.7 Å². The number of hydrogen-bond donors (Lipinski definition) is 2. The van der Waals surface area contributed by atoms with Crippen LogP contribution in [0.2, 0.25) is 0 Å². The summed E-state index contributed by atoms with van der Waals surface area (Å²) in [6.45, 7) is 7.73. The molecule has 1 heterocycles. The molecule has 4 nitrogen and oxygen atoms in total. The third-order valence-corrected chi connectivity index (χ3v) is 1.74. The summed E-state index contributed by atoms with van der Waals surface area (Å²) >= 11 is 4.77. The predicted molar refractivity (Wildman–Crippen MR) is 65.5 cm³/mol. The fourth-order valence-electron chi connectivity index (χ4n) is 0.729. The summed E-state index contributed by atoms with van der Waals surface area (Å²) in [5.41, 5.74) is -0.00306. The van der Waals surface area contributed by atoms with Crippen LogP contribution < -0.4 is 5.56 Å². The Morgan fingerprint density at radius 3 is 2.27 bits per heavy atom. The van der Waals surface area contributed by atoms with E-state index in [0.717, 1.165) is 0 Å². The van der Waals surface area contributed by atoms with Crippen LogP contribution >= 0.6 is 12.2 Å². The first-order chi connectivity index (χ1) is 7.15. The second kappa shape index (κ2) is 9.61. The van der Waals surface area contributed by atoms with Gasteiger partial charge in [0.05, 0.1) is 12.2 Å². The van der Waals surface area contributed by atoms with Crippen molar-refractivity contribution in [3.63, 3.8) is 0 Å². The summed E-state index contributed by atoms with van der Waals surface area (Å²) in [6, 6.07) is 0. The summed E-state index contributed by atoms with van der Waals surface area (Å²) in [7, 11) is 1.71. The maximum atomic E-state index is 10.9. The molecule has 0 unspecified atom stereocenters. The van der Waals surface area contributed by atoms with Gasteiger partial charge in [-0.05, 0) is 12.2 Å². The second-order valence-electron chi connectivity index (χ2n) is 2.18. The molecule has 2 N–H and O–H groups in total. The maximum absolute atomic E-state index is 10.9. The van der Waals surface area contributed by atoms with Crippen LogP contribution in [0.3, 0.4) is 0 Å². The van der Waals surface area contributed by atoms with E-state index in [1.807, 2.05) is 27.7 Å². The lowest BCUT2D eigenvalue weighted by atomic mass is 10.4. The van der Waals surface area contributed by atoms with Crippen molar-refractivity contribution in [1.29, 1.82) is 0 Å². The van der Waals surface area contributed by atoms with E-state index in [9.17, 15) is 4.79 Å². The van der Waals surface area contributed by atoms with Gasteiger partial charge in [-0.2, -0.15) is 0 Å². The van der Waals surface area contributed by atoms with Crippen molar-refractivity contribution in [2.75, 3.05) is 0 Å². The number of rotatable bonds is 1. The van der Waals surface area contributed by atoms with Gasteiger partial charge in [0.15, 0.2) is 4.77 Å². The Morgan fingerprint density at radius 2 is 1.87 bits per heavy atom. The lowest BCUT2D eigenvalue weighted by Gasteiger charge is -1.99. The number of aryl methyl sites for hydroxylation is 1. The zero-order valence-electron chi connectivity index (χ0n) is 10.00. The molecule has 1 rings (SSSR count). The molecule has 5 heteroatoms. The number of nitrogens with zero attached hydrogens (tertiary/aromatic N) is 1. The fourth-order valence-corrected chi connectivity index (χ4v) is 0.875. The molecule has 0 saturated heterocycles. The number of aromatic amines is 1. The van der Waals surface area contributed by atoms with Crippen LogP contribution in [0.1, 0.15) is 33.3 Å². The van der Waals surface area contributed by atoms with Crippen molar-refractivity contribution in [1.82, 2.24) is 9.55 Å². The maximum Gasteiger partial charge on any atom is 0.257 e. The highest BCUT2D eigenvalue weighted by atomic mass is 32.1. The van der Waals surface area contributed by atoms with Gasteiger partial charge < -0.3 is 9.67 Å². The van der Waals surface area contributed by atoms with Crippen molar-refractivity contribution >= 4 is 12.2 Å². The predicted octanol–water partition coefficient (Wildman–Crippen LogP) is 1.99. The molecule has 0 radical (unpaired) electrons. The van der Waals surface area contributed by atoms with Gasteiger partial charge in [-0.25, -0.2) is 0 Å². The summed E-state index contributed by atoms with van der Waals surface area (Å²) in [5, 5.41) is 8.67. The first kappa shape index (κ1) is 16.5. The molecule has 0 saturated carbocycles. The van der Waals surface area contributed by atoms with Gasteiger partial charge in [0.25, 0.3) is 5.56 Å². The molecular formula is C10H20N2O2S. The minimum atomic E-state index is -0.324. The van der Waals surface area contributed by atoms with Gasteiger partial charge in [0, 0.05) is 13.2 Å². The topological polar surface area (TPSA) is 58.0 Å². The Labute approximate surface area is 95.6 Å². The molecule has 0 spiro atoms. The fraction of sp³-hybridized carbons (Fsp3) is 0.600. The van der Waals surface area contributed by atoms with Gasteiger partial charge in [0.1, 0.15) is 0 Å². The highest BCUT2D eigenvalue weighted by molar-refractivity contribution is 7.71. The van der Waals surface area contributed by atoms with Crippen LogP contribution in [-0.4, -0.2) is 14.7 Å². The first-order valence-electron chi connectivity index (χ1n) is 5.05. The zero-order valence-corrected chi connectivity index (χ0v) is 10.8. The van der Waals surface area contributed by atoms with Gasteiger partial charge in [-0.15, -0.1) is 0 Å². The van der Waals surface area contributed by atoms with E-state index in [1.165, 1.54) is 6.20 Å². The molecule has 0 fully saturated rings. The molecule has 15 heavy (non-hydrogen) atoms. The molecule has 0 bridgehead atoms. The van der Waals surface area contributed by atoms with Crippen LogP contribution in [0.15, 0.2) is 11.0 Å². The lowest BCUT2D eigenvalue weighted by molar-refractivity contribution is 0.279. The SMILES string of the molecule is CC.CC.Cn1cc(CO)c(=O)[nH]c1=S. The summed E-state index contributed by atoms with van der Waals surface area (Å²) in [4.78, 5) is 13.3. The van der Waals surface area contributed by atoms with E-state index in [1.54, 1.807) is 11.6 Å². The lowest BCUT2D eigenvalue weighted by Crippen LogP contribution is -2.16. The van der Waals surface area contributed by atoms with E-state index in [2.05, 4.69) is 4.98 Å². The molecule has 88 valence electrons. The quantitative estimate of drug-likeness (QED) is 0.728. The molecule has 0 aromatic carbocycles. The van der Waals surface area contributed by atoms with Crippen LogP contribution in [-0.2, 0) is 13.7 Å². The highest BCUT2D eigenvalue weighted by Crippen LogP contribution is 1.88. The zero-order chi connectivity index (χ0) is 12.4. The number of aliphatic hydroxyl groups is 1. The van der Waals surface area contributed by atoms with Crippen LogP contribution in [0.5, 0.6) is 0 Å². The van der Waals surface area contributed by atoms with Crippen molar-refractivity contribution in [2.24, 2.45) is 7.05 Å². The Bertz CT molecular complexity index is 368. The van der Waals surface area contributed by atoms with Crippen molar-refractivity contribution in [2.45, 2.75) is 34.3 Å². The first-order valence-corrected chi connectivity index (χ1v) is 5.45. The van der Waals surface area contributed by atoms with Gasteiger partial charge >= 0.3 is 0 Å². The van der Waals surface area contributed by atoms with Crippen LogP contribution in [0.25, 0.3) is 0 Å². The standard InChI is InChI=1S/C6H8N2O2S.2C2H6/c1-8-2-4(3-9)5(10)7-6(8)11;2*1-2/h2,9H,3H2,1H3,(H,7,10,11);2*1-2H3. The van der Waals surface area contributed by atoms with E-state index in [0.29, 0.717) is 10.3 Å². The minimum Gasteiger partial charge on any atom is -0.391 e. The number of aromatic nitrogens is 2. The molecule has 0 atom stereocenters. The van der Waals surface area contributed by atoms with Crippen molar-refractivity contribution in [3.05, 3.63) is 26.9 Å². The number of H-pyrrole nitrogens is 1. The molecule has 0 amide bonds. The van der Waals surface area contributed by atoms with Crippen LogP contribution in [0.4, 0.5) is 0 Å². The van der Waals surface area contributed by atoms with Crippen molar-refractivity contribution in [3.8, 4) is 0 Å². The normalized spacial score (nSPS) is 8.13. The average molecular weight is 232 g/mol. The molecule has 0 aliphatic carbocycles. The molecule has 0 aliphatic heterocycles. The second-order valence-corrected chi connectivity index (χ2v) is 2.57. The average Bonchev–Trinajstić information content (AvgIpc) is 2.29. The molecular weight excluding hydrogens is 212 g/mol. The molecule has 0 aliphatic rings. The van der Waals surface area contributed by atoms with E-state index in [4.69, 9.17) is 17.3 Å². The molecule has 1 aromatic heterocycles. The van der Waals surface area contributed by atoms with E-state index < -0.39 is 0 Å². The summed E-state index contributed by atoms with van der Waals surface area (Å²) < 4.78 is 1.93. The summed E-state index contributed by atoms with van der Waals surface area (Å²) in [5.74, 6) is 0. The smallest absolute Gasteiger partial charge is 0.257 e. The van der Waals surface area contributed by atoms with Crippen molar-refractivity contribution < 1.29 is 5.11 Å². The van der Waals surface area contributed by atoms with Crippen LogP contribution in [0, 0.1) is 4.77 Å². The third-order valence-electron chi connectivity index (χ3n) is 1.35. The highest BCUT2D eigenvalue weighted by Gasteiger charge is 1.97. The Kier molecular flexibility index (Phi) is 10.6. The Hall–Kier alpha value is -0.940. The minimum absolute atomic E-state index is 0.265. The third kappa shape index (κ3) is 5.49. The number of aliphatic hydroxyl groups excluding tert-OH is 1. The monoisotopic (exact) mass is 232 g/mol. The molecule has 1 aromatic rings. The number of nitrogens with one attached hydrogen (secondary N) is 1. The largest absolute Gasteiger partial charge is 0.391 e.